The molecule has 0 amide bonds. The van der Waals surface area contributed by atoms with Crippen LogP contribution in [-0.4, -0.2) is 9.97 Å². The number of thiazole rings is 1. The molecule has 0 saturated carbocycles. The maximum absolute atomic E-state index is 5.52. The number of fused-ring (bicyclic) bond motifs is 2. The van der Waals surface area contributed by atoms with E-state index in [1.807, 2.05) is 5.51 Å². The zero-order valence-corrected chi connectivity index (χ0v) is 14.9. The summed E-state index contributed by atoms with van der Waals surface area (Å²) >= 11 is 7.17. The molecule has 0 atom stereocenters. The standard InChI is InChI=1S/C20H18N2S2/c23-20(22-17-8-9-19-18(12-17)21-13-24-19)10-6-14-5-7-15-3-1-2-4-16(15)11-14/h3-5,7-9,11-13H,1-2,6,10H2,(H,22,23). The minimum absolute atomic E-state index is 0.854. The molecule has 1 N–H and O–H groups in total. The van der Waals surface area contributed by atoms with Crippen molar-refractivity contribution < 1.29 is 0 Å². The maximum Gasteiger partial charge on any atom is 0.0832 e. The van der Waals surface area contributed by atoms with E-state index in [1.165, 1.54) is 20.7 Å². The smallest absolute Gasteiger partial charge is 0.0832 e. The topological polar surface area (TPSA) is 24.9 Å². The molecule has 0 fully saturated rings. The van der Waals surface area contributed by atoms with Crippen LogP contribution in [0.15, 0.2) is 41.9 Å². The first-order valence-electron chi connectivity index (χ1n) is 8.20. The SMILES string of the molecule is S=C(CCc1ccc2c(c1)=CCCC=2)Nc1ccc2scnc2c1. The van der Waals surface area contributed by atoms with Crippen molar-refractivity contribution in [2.45, 2.75) is 25.7 Å². The van der Waals surface area contributed by atoms with Crippen LogP contribution in [0, 0.1) is 0 Å². The number of nitrogens with zero attached hydrogens (tertiary/aromatic N) is 1. The van der Waals surface area contributed by atoms with Gasteiger partial charge in [-0.15, -0.1) is 11.3 Å². The van der Waals surface area contributed by atoms with Gasteiger partial charge in [0, 0.05) is 12.1 Å². The fraction of sp³-hybridized carbons (Fsp3) is 0.200. The highest BCUT2D eigenvalue weighted by Crippen LogP contribution is 2.21. The Morgan fingerprint density at radius 3 is 2.88 bits per heavy atom. The molecule has 0 bridgehead atoms. The summed E-state index contributed by atoms with van der Waals surface area (Å²) in [6, 6.07) is 13.0. The highest BCUT2D eigenvalue weighted by Gasteiger charge is 2.03. The Morgan fingerprint density at radius 1 is 1.08 bits per heavy atom. The molecule has 1 aromatic heterocycles. The van der Waals surface area contributed by atoms with Crippen LogP contribution in [-0.2, 0) is 6.42 Å². The molecule has 1 heterocycles. The van der Waals surface area contributed by atoms with E-state index in [1.54, 1.807) is 11.3 Å². The van der Waals surface area contributed by atoms with Gasteiger partial charge < -0.3 is 5.32 Å². The lowest BCUT2D eigenvalue weighted by atomic mass is 10.0. The quantitative estimate of drug-likeness (QED) is 0.719. The van der Waals surface area contributed by atoms with Crippen LogP contribution in [0.1, 0.15) is 24.8 Å². The van der Waals surface area contributed by atoms with Crippen molar-refractivity contribution in [1.29, 1.82) is 0 Å². The molecule has 4 heteroatoms. The predicted molar refractivity (Wildman–Crippen MR) is 108 cm³/mol. The lowest BCUT2D eigenvalue weighted by molar-refractivity contribution is 1.04. The number of thiocarbonyl (C=S) groups is 1. The third kappa shape index (κ3) is 3.40. The monoisotopic (exact) mass is 350 g/mol. The zero-order valence-electron chi connectivity index (χ0n) is 13.3. The minimum Gasteiger partial charge on any atom is -0.350 e. The van der Waals surface area contributed by atoms with Crippen molar-refractivity contribution in [2.75, 3.05) is 5.32 Å². The molecule has 0 saturated heterocycles. The Bertz CT molecular complexity index is 1020. The molecule has 1 aliphatic carbocycles. The third-order valence-corrected chi connectivity index (χ3v) is 5.42. The van der Waals surface area contributed by atoms with Gasteiger partial charge in [0.05, 0.1) is 20.7 Å². The largest absolute Gasteiger partial charge is 0.350 e. The fourth-order valence-corrected chi connectivity index (χ4v) is 3.92. The number of rotatable bonds is 4. The van der Waals surface area contributed by atoms with E-state index in [-0.39, 0.29) is 0 Å². The molecule has 0 spiro atoms. The molecular formula is C20H18N2S2. The third-order valence-electron chi connectivity index (χ3n) is 4.30. The molecule has 120 valence electrons. The van der Waals surface area contributed by atoms with Crippen LogP contribution in [0.25, 0.3) is 22.4 Å². The summed E-state index contributed by atoms with van der Waals surface area (Å²) in [6.07, 6.45) is 8.77. The van der Waals surface area contributed by atoms with E-state index in [4.69, 9.17) is 12.2 Å². The highest BCUT2D eigenvalue weighted by molar-refractivity contribution is 7.80. The molecular weight excluding hydrogens is 332 g/mol. The summed E-state index contributed by atoms with van der Waals surface area (Å²) in [5.74, 6) is 0. The van der Waals surface area contributed by atoms with Crippen LogP contribution in [0.2, 0.25) is 0 Å². The number of hydrogen-bond acceptors (Lipinski definition) is 3. The van der Waals surface area contributed by atoms with Crippen molar-refractivity contribution in [1.82, 2.24) is 4.98 Å². The van der Waals surface area contributed by atoms with Gasteiger partial charge in [-0.1, -0.05) is 42.6 Å². The first-order valence-corrected chi connectivity index (χ1v) is 9.49. The van der Waals surface area contributed by atoms with E-state index < -0.39 is 0 Å². The Hall–Kier alpha value is -2.04. The molecule has 3 aromatic rings. The van der Waals surface area contributed by atoms with Gasteiger partial charge in [0.25, 0.3) is 0 Å². The molecule has 0 radical (unpaired) electrons. The predicted octanol–water partition coefficient (Wildman–Crippen LogP) is 4.02. The Morgan fingerprint density at radius 2 is 1.96 bits per heavy atom. The maximum atomic E-state index is 5.52. The minimum atomic E-state index is 0.854. The van der Waals surface area contributed by atoms with E-state index in [0.29, 0.717) is 0 Å². The summed E-state index contributed by atoms with van der Waals surface area (Å²) in [5.41, 5.74) is 5.26. The first kappa shape index (κ1) is 15.5. The summed E-state index contributed by atoms with van der Waals surface area (Å²) in [4.78, 5) is 5.22. The molecule has 1 aliphatic rings. The Balaban J connectivity index is 1.41. The molecule has 0 unspecified atom stereocenters. The van der Waals surface area contributed by atoms with Crippen LogP contribution in [0.3, 0.4) is 0 Å². The van der Waals surface area contributed by atoms with Crippen molar-refractivity contribution in [3.05, 3.63) is 57.9 Å². The average molecular weight is 351 g/mol. The zero-order chi connectivity index (χ0) is 16.4. The number of nitrogens with one attached hydrogen (secondary N) is 1. The summed E-state index contributed by atoms with van der Waals surface area (Å²) in [6.45, 7) is 0. The average Bonchev–Trinajstić information content (AvgIpc) is 3.07. The molecule has 24 heavy (non-hydrogen) atoms. The number of aryl methyl sites for hydroxylation is 1. The summed E-state index contributed by atoms with van der Waals surface area (Å²) in [7, 11) is 0. The Kier molecular flexibility index (Phi) is 4.41. The molecule has 2 nitrogen and oxygen atoms in total. The number of benzene rings is 2. The lowest BCUT2D eigenvalue weighted by Gasteiger charge is -2.09. The van der Waals surface area contributed by atoms with Gasteiger partial charge in [-0.3, -0.25) is 0 Å². The normalized spacial score (nSPS) is 13.0. The van der Waals surface area contributed by atoms with E-state index >= 15 is 0 Å². The number of hydrogen-bond donors (Lipinski definition) is 1. The fourth-order valence-electron chi connectivity index (χ4n) is 3.04. The van der Waals surface area contributed by atoms with Gasteiger partial charge in [-0.05, 0) is 53.5 Å². The summed E-state index contributed by atoms with van der Waals surface area (Å²) in [5, 5.41) is 6.07. The second-order valence-corrected chi connectivity index (χ2v) is 7.41. The van der Waals surface area contributed by atoms with Crippen molar-refractivity contribution in [3.8, 4) is 0 Å². The Labute approximate surface area is 150 Å². The van der Waals surface area contributed by atoms with Gasteiger partial charge in [-0.2, -0.15) is 0 Å². The van der Waals surface area contributed by atoms with E-state index in [9.17, 15) is 0 Å². The lowest BCUT2D eigenvalue weighted by Crippen LogP contribution is -2.26. The van der Waals surface area contributed by atoms with E-state index in [2.05, 4.69) is 58.9 Å². The number of anilines is 1. The van der Waals surface area contributed by atoms with Crippen LogP contribution in [0.5, 0.6) is 0 Å². The van der Waals surface area contributed by atoms with Gasteiger partial charge in [-0.25, -0.2) is 4.98 Å². The van der Waals surface area contributed by atoms with Crippen molar-refractivity contribution in [2.24, 2.45) is 0 Å². The van der Waals surface area contributed by atoms with Crippen LogP contribution < -0.4 is 15.8 Å². The van der Waals surface area contributed by atoms with Crippen molar-refractivity contribution in [3.63, 3.8) is 0 Å². The van der Waals surface area contributed by atoms with Gasteiger partial charge in [0.1, 0.15) is 0 Å². The van der Waals surface area contributed by atoms with Crippen molar-refractivity contribution >= 4 is 56.6 Å². The van der Waals surface area contributed by atoms with E-state index in [0.717, 1.165) is 41.9 Å². The second kappa shape index (κ2) is 6.83. The van der Waals surface area contributed by atoms with Gasteiger partial charge in [0.2, 0.25) is 0 Å². The number of aromatic nitrogens is 1. The van der Waals surface area contributed by atoms with Crippen LogP contribution >= 0.6 is 23.6 Å². The molecule has 4 rings (SSSR count). The van der Waals surface area contributed by atoms with Crippen LogP contribution in [0.4, 0.5) is 5.69 Å². The first-order chi connectivity index (χ1) is 11.8. The second-order valence-electron chi connectivity index (χ2n) is 6.03. The molecule has 2 aromatic carbocycles. The van der Waals surface area contributed by atoms with Gasteiger partial charge >= 0.3 is 0 Å². The van der Waals surface area contributed by atoms with Gasteiger partial charge in [0.15, 0.2) is 0 Å². The summed E-state index contributed by atoms with van der Waals surface area (Å²) < 4.78 is 1.20. The molecule has 0 aliphatic heterocycles. The highest BCUT2D eigenvalue weighted by atomic mass is 32.1.